The molecular formula is C23H26N4O2. The van der Waals surface area contributed by atoms with Crippen LogP contribution in [-0.2, 0) is 15.9 Å². The molecule has 2 aliphatic heterocycles. The zero-order valence-corrected chi connectivity index (χ0v) is 16.4. The van der Waals surface area contributed by atoms with Crippen LogP contribution in [0.4, 0.5) is 0 Å². The Bertz CT molecular complexity index is 915. The summed E-state index contributed by atoms with van der Waals surface area (Å²) < 4.78 is 14.1. The predicted molar refractivity (Wildman–Crippen MR) is 111 cm³/mol. The second-order valence-electron chi connectivity index (χ2n) is 7.76. The summed E-state index contributed by atoms with van der Waals surface area (Å²) in [5.41, 5.74) is 3.33. The molecule has 2 fully saturated rings. The third-order valence-corrected chi connectivity index (χ3v) is 5.84. The molecule has 6 heteroatoms. The molecule has 0 amide bonds. The Morgan fingerprint density at radius 2 is 1.69 bits per heavy atom. The maximum atomic E-state index is 6.11. The van der Waals surface area contributed by atoms with E-state index in [1.807, 2.05) is 41.2 Å². The number of aryl methyl sites for hydroxylation is 1. The summed E-state index contributed by atoms with van der Waals surface area (Å²) in [5, 5.41) is 12.3. The summed E-state index contributed by atoms with van der Waals surface area (Å²) >= 11 is 0. The van der Waals surface area contributed by atoms with Crippen LogP contribution in [0.15, 0.2) is 66.9 Å². The minimum Gasteiger partial charge on any atom is -0.371 e. The largest absolute Gasteiger partial charge is 0.371 e. The average molecular weight is 390 g/mol. The van der Waals surface area contributed by atoms with E-state index in [1.54, 1.807) is 0 Å². The first-order chi connectivity index (χ1) is 14.4. The quantitative estimate of drug-likeness (QED) is 0.629. The standard InChI is InChI=1S/C23H26N4O2/c1-3-8-17(9-4-1)10-7-13-24-20-15-28-23-21(16-29-22(20)23)27-14-19(25-26-27)18-11-5-2-6-12-18/h1-6,8-9,11-12,14,20-24H,7,10,13,15-16H2/t20-,21+,22-,23+/m1/s1. The van der Waals surface area contributed by atoms with E-state index < -0.39 is 0 Å². The van der Waals surface area contributed by atoms with E-state index in [4.69, 9.17) is 9.47 Å². The van der Waals surface area contributed by atoms with Crippen molar-refractivity contribution >= 4 is 0 Å². The fourth-order valence-corrected chi connectivity index (χ4v) is 4.29. The number of hydrogen-bond acceptors (Lipinski definition) is 5. The summed E-state index contributed by atoms with van der Waals surface area (Å²) in [5.74, 6) is 0. The second kappa shape index (κ2) is 8.45. The van der Waals surface area contributed by atoms with Gasteiger partial charge in [-0.2, -0.15) is 0 Å². The SMILES string of the molecule is c1ccc(CCCN[C@@H]2CO[C@@H]3[C@@H]2OC[C@@H]3n2cc(-c3ccccc3)nn2)cc1. The van der Waals surface area contributed by atoms with Crippen LogP contribution in [0.5, 0.6) is 0 Å². The van der Waals surface area contributed by atoms with Gasteiger partial charge in [0.05, 0.1) is 25.5 Å². The lowest BCUT2D eigenvalue weighted by atomic mass is 10.1. The Labute approximate surface area is 170 Å². The number of benzene rings is 2. The fraction of sp³-hybridized carbons (Fsp3) is 0.391. The molecule has 2 saturated heterocycles. The van der Waals surface area contributed by atoms with Crippen molar-refractivity contribution in [2.24, 2.45) is 0 Å². The van der Waals surface area contributed by atoms with Crippen molar-refractivity contribution < 1.29 is 9.47 Å². The number of rotatable bonds is 7. The van der Waals surface area contributed by atoms with Crippen LogP contribution in [0.1, 0.15) is 18.0 Å². The van der Waals surface area contributed by atoms with Crippen LogP contribution in [0.3, 0.4) is 0 Å². The zero-order chi connectivity index (χ0) is 19.5. The molecule has 3 aromatic rings. The van der Waals surface area contributed by atoms with Crippen LogP contribution >= 0.6 is 0 Å². The summed E-state index contributed by atoms with van der Waals surface area (Å²) in [7, 11) is 0. The minimum atomic E-state index is 0.0203. The van der Waals surface area contributed by atoms with Gasteiger partial charge >= 0.3 is 0 Å². The highest BCUT2D eigenvalue weighted by Gasteiger charge is 2.48. The number of hydrogen-bond donors (Lipinski definition) is 1. The topological polar surface area (TPSA) is 61.2 Å². The molecule has 0 spiro atoms. The van der Waals surface area contributed by atoms with Gasteiger partial charge in [0, 0.05) is 5.56 Å². The first kappa shape index (κ1) is 18.5. The van der Waals surface area contributed by atoms with Crippen LogP contribution in [0, 0.1) is 0 Å². The van der Waals surface area contributed by atoms with E-state index in [-0.39, 0.29) is 24.3 Å². The van der Waals surface area contributed by atoms with E-state index >= 15 is 0 Å². The molecule has 3 heterocycles. The molecular weight excluding hydrogens is 364 g/mol. The maximum absolute atomic E-state index is 6.11. The van der Waals surface area contributed by atoms with E-state index in [2.05, 4.69) is 46.0 Å². The van der Waals surface area contributed by atoms with Crippen LogP contribution < -0.4 is 5.32 Å². The van der Waals surface area contributed by atoms with Gasteiger partial charge in [-0.15, -0.1) is 5.10 Å². The average Bonchev–Trinajstić information content (AvgIpc) is 3.50. The van der Waals surface area contributed by atoms with Gasteiger partial charge in [-0.25, -0.2) is 4.68 Å². The van der Waals surface area contributed by atoms with Crippen LogP contribution in [-0.4, -0.2) is 53.0 Å². The van der Waals surface area contributed by atoms with Gasteiger partial charge in [-0.3, -0.25) is 0 Å². The highest BCUT2D eigenvalue weighted by Crippen LogP contribution is 2.34. The lowest BCUT2D eigenvalue weighted by Gasteiger charge is -2.17. The molecule has 0 aliphatic carbocycles. The van der Waals surface area contributed by atoms with Gasteiger partial charge < -0.3 is 14.8 Å². The summed E-state index contributed by atoms with van der Waals surface area (Å²) in [6.45, 7) is 2.24. The molecule has 29 heavy (non-hydrogen) atoms. The number of nitrogens with one attached hydrogen (secondary N) is 1. The maximum Gasteiger partial charge on any atom is 0.113 e. The van der Waals surface area contributed by atoms with Crippen molar-refractivity contribution in [2.75, 3.05) is 19.8 Å². The Hall–Kier alpha value is -2.54. The van der Waals surface area contributed by atoms with Crippen LogP contribution in [0.2, 0.25) is 0 Å². The van der Waals surface area contributed by atoms with Gasteiger partial charge in [0.25, 0.3) is 0 Å². The van der Waals surface area contributed by atoms with Crippen molar-refractivity contribution in [3.8, 4) is 11.3 Å². The molecule has 150 valence electrons. The number of aromatic nitrogens is 3. The Kier molecular flexibility index (Phi) is 5.39. The smallest absolute Gasteiger partial charge is 0.113 e. The number of nitrogens with zero attached hydrogens (tertiary/aromatic N) is 3. The normalized spacial score (nSPS) is 25.9. The predicted octanol–water partition coefficient (Wildman–Crippen LogP) is 2.87. The Balaban J connectivity index is 1.16. The van der Waals surface area contributed by atoms with Gasteiger partial charge in [0.1, 0.15) is 23.9 Å². The Morgan fingerprint density at radius 3 is 2.52 bits per heavy atom. The van der Waals surface area contributed by atoms with Crippen molar-refractivity contribution in [3.63, 3.8) is 0 Å². The van der Waals surface area contributed by atoms with Crippen molar-refractivity contribution in [1.82, 2.24) is 20.3 Å². The molecule has 0 radical (unpaired) electrons. The first-order valence-corrected chi connectivity index (χ1v) is 10.4. The molecule has 4 atom stereocenters. The molecule has 1 aromatic heterocycles. The van der Waals surface area contributed by atoms with Gasteiger partial charge in [-0.05, 0) is 24.9 Å². The highest BCUT2D eigenvalue weighted by atomic mass is 16.6. The van der Waals surface area contributed by atoms with E-state index in [1.165, 1.54) is 5.56 Å². The summed E-state index contributed by atoms with van der Waals surface area (Å²) in [6, 6.07) is 21.0. The van der Waals surface area contributed by atoms with E-state index in [0.717, 1.165) is 30.6 Å². The number of ether oxygens (including phenoxy) is 2. The fourth-order valence-electron chi connectivity index (χ4n) is 4.29. The van der Waals surface area contributed by atoms with Gasteiger partial charge in [-0.1, -0.05) is 65.9 Å². The second-order valence-corrected chi connectivity index (χ2v) is 7.76. The molecule has 0 unspecified atom stereocenters. The van der Waals surface area contributed by atoms with E-state index in [0.29, 0.717) is 13.2 Å². The lowest BCUT2D eigenvalue weighted by molar-refractivity contribution is 0.0620. The lowest BCUT2D eigenvalue weighted by Crippen LogP contribution is -2.41. The molecule has 0 bridgehead atoms. The summed E-state index contributed by atoms with van der Waals surface area (Å²) in [6.07, 6.45) is 4.27. The van der Waals surface area contributed by atoms with Gasteiger partial charge in [0.2, 0.25) is 0 Å². The van der Waals surface area contributed by atoms with Crippen molar-refractivity contribution in [1.29, 1.82) is 0 Å². The third-order valence-electron chi connectivity index (χ3n) is 5.84. The van der Waals surface area contributed by atoms with Gasteiger partial charge in [0.15, 0.2) is 0 Å². The Morgan fingerprint density at radius 1 is 0.931 bits per heavy atom. The number of fused-ring (bicyclic) bond motifs is 1. The molecule has 1 N–H and O–H groups in total. The zero-order valence-electron chi connectivity index (χ0n) is 16.4. The molecule has 5 rings (SSSR count). The van der Waals surface area contributed by atoms with Crippen molar-refractivity contribution in [2.45, 2.75) is 37.1 Å². The molecule has 2 aromatic carbocycles. The van der Waals surface area contributed by atoms with Crippen LogP contribution in [0.25, 0.3) is 11.3 Å². The monoisotopic (exact) mass is 390 g/mol. The summed E-state index contributed by atoms with van der Waals surface area (Å²) in [4.78, 5) is 0. The molecule has 0 saturated carbocycles. The molecule has 2 aliphatic rings. The highest BCUT2D eigenvalue weighted by molar-refractivity contribution is 5.57. The minimum absolute atomic E-state index is 0.0203. The van der Waals surface area contributed by atoms with Crippen molar-refractivity contribution in [3.05, 3.63) is 72.4 Å². The molecule has 6 nitrogen and oxygen atoms in total. The first-order valence-electron chi connectivity index (χ1n) is 10.4. The third kappa shape index (κ3) is 3.96. The van der Waals surface area contributed by atoms with E-state index in [9.17, 15) is 0 Å².